The van der Waals surface area contributed by atoms with Gasteiger partial charge >= 0.3 is 0 Å². The molecule has 2 amide bonds. The van der Waals surface area contributed by atoms with E-state index in [9.17, 15) is 9.59 Å². The molecule has 3 aromatic rings. The molecule has 0 spiro atoms. The number of benzene rings is 3. The van der Waals surface area contributed by atoms with Crippen molar-refractivity contribution in [3.8, 4) is 5.75 Å². The largest absolute Gasteiger partial charge is 0.486 e. The molecule has 1 saturated heterocycles. The number of hydrogen-bond acceptors (Lipinski definition) is 4. The van der Waals surface area contributed by atoms with E-state index in [0.717, 1.165) is 33.7 Å². The molecular weight excluding hydrogens is 649 g/mol. The van der Waals surface area contributed by atoms with E-state index < -0.39 is 0 Å². The highest BCUT2D eigenvalue weighted by atomic mass is 127. The van der Waals surface area contributed by atoms with Crippen molar-refractivity contribution in [3.05, 3.63) is 101 Å². The third-order valence-electron chi connectivity index (χ3n) is 5.18. The highest BCUT2D eigenvalue weighted by Gasteiger charge is 2.34. The quantitative estimate of drug-likeness (QED) is 0.181. The molecule has 1 heterocycles. The van der Waals surface area contributed by atoms with Crippen LogP contribution in [0, 0.1) is 3.57 Å². The Morgan fingerprint density at radius 3 is 2.47 bits per heavy atom. The number of hydrogen-bond donors (Lipinski definition) is 0. The molecule has 0 unspecified atom stereocenters. The molecule has 3 aromatic carbocycles. The Morgan fingerprint density at radius 2 is 1.76 bits per heavy atom. The van der Waals surface area contributed by atoms with Crippen molar-refractivity contribution in [2.45, 2.75) is 19.4 Å². The minimum atomic E-state index is -0.269. The Hall–Kier alpha value is -1.81. The van der Waals surface area contributed by atoms with Gasteiger partial charge in [0.2, 0.25) is 0 Å². The van der Waals surface area contributed by atoms with Gasteiger partial charge in [-0.3, -0.25) is 14.5 Å². The van der Waals surface area contributed by atoms with Gasteiger partial charge in [-0.2, -0.15) is 0 Å². The van der Waals surface area contributed by atoms with Crippen LogP contribution in [0.3, 0.4) is 0 Å². The fourth-order valence-corrected chi connectivity index (χ4v) is 5.68. The van der Waals surface area contributed by atoms with Crippen LogP contribution in [-0.2, 0) is 17.8 Å². The SMILES string of the molecule is O=C1S/C(=C/c2cc(Cl)c(OCc3ccc(I)cc3)c(Br)c2)C(=O)N1CCCc1ccccc1. The first kappa shape index (κ1) is 25.3. The topological polar surface area (TPSA) is 46.6 Å². The van der Waals surface area contributed by atoms with Gasteiger partial charge in [-0.15, -0.1) is 0 Å². The monoisotopic (exact) mass is 667 g/mol. The molecule has 4 nitrogen and oxygen atoms in total. The van der Waals surface area contributed by atoms with E-state index in [1.54, 1.807) is 12.1 Å². The molecule has 0 N–H and O–H groups in total. The Bertz CT molecular complexity index is 1210. The third-order valence-corrected chi connectivity index (χ3v) is 7.67. The summed E-state index contributed by atoms with van der Waals surface area (Å²) < 4.78 is 7.76. The van der Waals surface area contributed by atoms with Crippen molar-refractivity contribution in [2.24, 2.45) is 0 Å². The first-order chi connectivity index (χ1) is 16.4. The molecule has 1 aliphatic heterocycles. The van der Waals surface area contributed by atoms with Crippen LogP contribution in [0.15, 0.2) is 76.1 Å². The van der Waals surface area contributed by atoms with E-state index in [-0.39, 0.29) is 11.1 Å². The molecule has 0 bridgehead atoms. The van der Waals surface area contributed by atoms with Crippen LogP contribution < -0.4 is 4.74 Å². The zero-order chi connectivity index (χ0) is 24.1. The maximum atomic E-state index is 12.8. The fraction of sp³-hybridized carbons (Fsp3) is 0.154. The summed E-state index contributed by atoms with van der Waals surface area (Å²) >= 11 is 13.2. The van der Waals surface area contributed by atoms with Gasteiger partial charge in [-0.1, -0.05) is 54.1 Å². The van der Waals surface area contributed by atoms with Crippen molar-refractivity contribution in [1.29, 1.82) is 0 Å². The number of thioether (sulfide) groups is 1. The van der Waals surface area contributed by atoms with E-state index in [2.05, 4.69) is 38.5 Å². The van der Waals surface area contributed by atoms with Gasteiger partial charge in [0.05, 0.1) is 14.4 Å². The summed E-state index contributed by atoms with van der Waals surface area (Å²) in [6.45, 7) is 0.781. The highest BCUT2D eigenvalue weighted by molar-refractivity contribution is 14.1. The van der Waals surface area contributed by atoms with E-state index in [4.69, 9.17) is 16.3 Å². The van der Waals surface area contributed by atoms with Crippen molar-refractivity contribution < 1.29 is 14.3 Å². The smallest absolute Gasteiger partial charge is 0.293 e. The molecule has 34 heavy (non-hydrogen) atoms. The predicted molar refractivity (Wildman–Crippen MR) is 150 cm³/mol. The van der Waals surface area contributed by atoms with Gasteiger partial charge in [0.25, 0.3) is 11.1 Å². The van der Waals surface area contributed by atoms with Crippen molar-refractivity contribution in [2.75, 3.05) is 6.54 Å². The van der Waals surface area contributed by atoms with Gasteiger partial charge in [0.1, 0.15) is 6.61 Å². The van der Waals surface area contributed by atoms with Crippen LogP contribution >= 0.6 is 61.9 Å². The van der Waals surface area contributed by atoms with Gasteiger partial charge < -0.3 is 4.74 Å². The summed E-state index contributed by atoms with van der Waals surface area (Å²) in [5.41, 5.74) is 2.94. The van der Waals surface area contributed by atoms with Crippen LogP contribution in [0.2, 0.25) is 5.02 Å². The molecule has 8 heteroatoms. The Kier molecular flexibility index (Phi) is 8.74. The standard InChI is InChI=1S/C26H20BrClINO3S/c27-21-13-19(14-22(28)24(21)33-16-18-8-10-20(29)11-9-18)15-23-25(31)30(26(32)34-23)12-4-7-17-5-2-1-3-6-17/h1-3,5-6,8-11,13-15H,4,7,12,16H2/b23-15+. The molecule has 0 atom stereocenters. The van der Waals surface area contributed by atoms with Crippen molar-refractivity contribution in [1.82, 2.24) is 4.90 Å². The molecule has 1 aliphatic rings. The lowest BCUT2D eigenvalue weighted by Crippen LogP contribution is -2.29. The molecule has 0 radical (unpaired) electrons. The summed E-state index contributed by atoms with van der Waals surface area (Å²) in [4.78, 5) is 27.0. The summed E-state index contributed by atoms with van der Waals surface area (Å²) in [5, 5.41) is 0.181. The maximum Gasteiger partial charge on any atom is 0.293 e. The molecule has 0 aliphatic carbocycles. The molecule has 174 valence electrons. The molecule has 4 rings (SSSR count). The number of aryl methyl sites for hydroxylation is 1. The van der Waals surface area contributed by atoms with Crippen LogP contribution in [0.4, 0.5) is 4.79 Å². The summed E-state index contributed by atoms with van der Waals surface area (Å²) in [7, 11) is 0. The average Bonchev–Trinajstić information content (AvgIpc) is 3.07. The zero-order valence-corrected chi connectivity index (χ0v) is 23.3. The Morgan fingerprint density at radius 1 is 1.03 bits per heavy atom. The molecule has 1 fully saturated rings. The van der Waals surface area contributed by atoms with E-state index >= 15 is 0 Å². The first-order valence-corrected chi connectivity index (χ1v) is 13.6. The zero-order valence-electron chi connectivity index (χ0n) is 18.0. The normalized spacial score (nSPS) is 14.8. The van der Waals surface area contributed by atoms with Gasteiger partial charge in [-0.25, -0.2) is 0 Å². The summed E-state index contributed by atoms with van der Waals surface area (Å²) in [5.74, 6) is 0.265. The molecule has 0 saturated carbocycles. The Labute approximate surface area is 230 Å². The van der Waals surface area contributed by atoms with E-state index in [1.165, 1.54) is 10.5 Å². The lowest BCUT2D eigenvalue weighted by Gasteiger charge is -2.12. The van der Waals surface area contributed by atoms with Crippen LogP contribution in [0.25, 0.3) is 6.08 Å². The number of ether oxygens (including phenoxy) is 1. The second kappa shape index (κ2) is 11.7. The van der Waals surface area contributed by atoms with E-state index in [1.807, 2.05) is 60.7 Å². The third kappa shape index (κ3) is 6.44. The van der Waals surface area contributed by atoms with Gasteiger partial charge in [-0.05, 0) is 110 Å². The summed E-state index contributed by atoms with van der Waals surface area (Å²) in [6.07, 6.45) is 3.23. The fourth-order valence-electron chi connectivity index (χ4n) is 3.47. The van der Waals surface area contributed by atoms with Crippen molar-refractivity contribution in [3.63, 3.8) is 0 Å². The second-order valence-electron chi connectivity index (χ2n) is 7.65. The van der Waals surface area contributed by atoms with E-state index in [0.29, 0.717) is 38.9 Å². The minimum Gasteiger partial charge on any atom is -0.486 e. The van der Waals surface area contributed by atoms with Gasteiger partial charge in [0.15, 0.2) is 5.75 Å². The van der Waals surface area contributed by atoms with Crippen LogP contribution in [0.5, 0.6) is 5.75 Å². The number of nitrogens with zero attached hydrogens (tertiary/aromatic N) is 1. The number of amides is 2. The number of rotatable bonds is 8. The number of carbonyl (C=O) groups is 2. The second-order valence-corrected chi connectivity index (χ2v) is 11.2. The molecular formula is C26H20BrClINO3S. The Balaban J connectivity index is 1.41. The first-order valence-electron chi connectivity index (χ1n) is 10.6. The maximum absolute atomic E-state index is 12.8. The van der Waals surface area contributed by atoms with Crippen LogP contribution in [0.1, 0.15) is 23.1 Å². The van der Waals surface area contributed by atoms with Crippen LogP contribution in [-0.4, -0.2) is 22.6 Å². The average molecular weight is 669 g/mol. The lowest BCUT2D eigenvalue weighted by atomic mass is 10.1. The lowest BCUT2D eigenvalue weighted by molar-refractivity contribution is -0.122. The number of imide groups is 1. The number of halogens is 3. The predicted octanol–water partition coefficient (Wildman–Crippen LogP) is 7.96. The highest BCUT2D eigenvalue weighted by Crippen LogP contribution is 2.38. The molecule has 0 aromatic heterocycles. The summed E-state index contributed by atoms with van der Waals surface area (Å²) in [6, 6.07) is 21.7. The van der Waals surface area contributed by atoms with Crippen molar-refractivity contribution >= 4 is 79.1 Å². The number of carbonyl (C=O) groups excluding carboxylic acids is 2. The minimum absolute atomic E-state index is 0.244. The van der Waals surface area contributed by atoms with Gasteiger partial charge in [0, 0.05) is 10.1 Å².